The first kappa shape index (κ1) is 23.5. The molecule has 0 bridgehead atoms. The van der Waals surface area contributed by atoms with Gasteiger partial charge in [0, 0.05) is 37.2 Å². The van der Waals surface area contributed by atoms with Crippen molar-refractivity contribution in [1.29, 1.82) is 0 Å². The van der Waals surface area contributed by atoms with Gasteiger partial charge >= 0.3 is 5.97 Å². The Morgan fingerprint density at radius 3 is 2.40 bits per heavy atom. The molecule has 1 aliphatic carbocycles. The molecule has 0 saturated heterocycles. The average Bonchev–Trinajstić information content (AvgIpc) is 2.71. The molecule has 3 atom stereocenters. The van der Waals surface area contributed by atoms with E-state index in [9.17, 15) is 24.8 Å². The average molecular weight is 419 g/mol. The summed E-state index contributed by atoms with van der Waals surface area (Å²) in [5, 5.41) is 26.6. The number of hydrogen-bond acceptors (Lipinski definition) is 6. The summed E-state index contributed by atoms with van der Waals surface area (Å²) in [6, 6.07) is 5.32. The second kappa shape index (κ2) is 10.8. The summed E-state index contributed by atoms with van der Waals surface area (Å²) in [4.78, 5) is 33.8. The number of nitro benzene ring substituents is 1. The zero-order valence-corrected chi connectivity index (χ0v) is 17.5. The van der Waals surface area contributed by atoms with Gasteiger partial charge < -0.3 is 20.5 Å². The number of amides is 1. The monoisotopic (exact) mass is 419 g/mol. The summed E-state index contributed by atoms with van der Waals surface area (Å²) in [5.74, 6) is -1.25. The van der Waals surface area contributed by atoms with Gasteiger partial charge in [-0.2, -0.15) is 0 Å². The van der Waals surface area contributed by atoms with Gasteiger partial charge in [0.15, 0.2) is 0 Å². The van der Waals surface area contributed by atoms with E-state index in [2.05, 4.69) is 10.6 Å². The van der Waals surface area contributed by atoms with Crippen LogP contribution in [0.5, 0.6) is 0 Å². The standard InChI is InChI=1S/C21H29N3O6/c1-4-17(5-2)30-19-11-15(21(26)27)10-18(20(19)23-13(3)25)22-12-14-6-8-16(9-7-14)24(28)29/h6-9,11,17-20,22H,4-5,10,12H2,1-3H3,(H,23,25)(H,26,27)/t18-,19+,20+/m0/s1. The van der Waals surface area contributed by atoms with Gasteiger partial charge in [0.2, 0.25) is 5.91 Å². The number of aliphatic carboxylic acids is 1. The van der Waals surface area contributed by atoms with Crippen LogP contribution in [0.2, 0.25) is 0 Å². The van der Waals surface area contributed by atoms with E-state index in [4.69, 9.17) is 4.74 Å². The maximum atomic E-state index is 11.8. The molecule has 1 aromatic rings. The van der Waals surface area contributed by atoms with Crippen LogP contribution in [0.1, 0.15) is 45.6 Å². The first-order valence-electron chi connectivity index (χ1n) is 10.1. The Balaban J connectivity index is 2.22. The second-order valence-electron chi connectivity index (χ2n) is 7.38. The lowest BCUT2D eigenvalue weighted by Gasteiger charge is -2.38. The highest BCUT2D eigenvalue weighted by molar-refractivity contribution is 5.87. The van der Waals surface area contributed by atoms with Crippen molar-refractivity contribution in [2.24, 2.45) is 0 Å². The van der Waals surface area contributed by atoms with Crippen LogP contribution in [0.25, 0.3) is 0 Å². The summed E-state index contributed by atoms with van der Waals surface area (Å²) in [7, 11) is 0. The van der Waals surface area contributed by atoms with Gasteiger partial charge in [0.1, 0.15) is 0 Å². The molecular weight excluding hydrogens is 390 g/mol. The molecule has 9 nitrogen and oxygen atoms in total. The summed E-state index contributed by atoms with van der Waals surface area (Å²) in [6.45, 7) is 5.77. The van der Waals surface area contributed by atoms with Crippen molar-refractivity contribution in [3.8, 4) is 0 Å². The molecule has 0 radical (unpaired) electrons. The lowest BCUT2D eigenvalue weighted by molar-refractivity contribution is -0.384. The first-order chi connectivity index (χ1) is 14.2. The SMILES string of the molecule is CCC(CC)O[C@@H]1C=C(C(=O)O)C[C@H](NCc2ccc([N+](=O)[O-])cc2)[C@H]1NC(C)=O. The van der Waals surface area contributed by atoms with E-state index < -0.39 is 23.0 Å². The maximum absolute atomic E-state index is 11.8. The molecule has 1 aromatic carbocycles. The number of carboxylic acid groups (broad SMARTS) is 1. The largest absolute Gasteiger partial charge is 0.478 e. The Bertz CT molecular complexity index is 788. The van der Waals surface area contributed by atoms with Crippen molar-refractivity contribution in [2.75, 3.05) is 0 Å². The van der Waals surface area contributed by atoms with Crippen molar-refractivity contribution < 1.29 is 24.4 Å². The van der Waals surface area contributed by atoms with E-state index in [0.717, 1.165) is 18.4 Å². The summed E-state index contributed by atoms with van der Waals surface area (Å²) >= 11 is 0. The number of carbonyl (C=O) groups is 2. The van der Waals surface area contributed by atoms with Gasteiger partial charge in [0.05, 0.1) is 23.2 Å². The fourth-order valence-electron chi connectivity index (χ4n) is 3.55. The molecular formula is C21H29N3O6. The number of nitrogens with zero attached hydrogens (tertiary/aromatic N) is 1. The number of nitro groups is 1. The van der Waals surface area contributed by atoms with Gasteiger partial charge in [-0.3, -0.25) is 14.9 Å². The molecule has 164 valence electrons. The molecule has 0 aromatic heterocycles. The Morgan fingerprint density at radius 1 is 1.27 bits per heavy atom. The van der Waals surface area contributed by atoms with Gasteiger partial charge in [-0.1, -0.05) is 26.0 Å². The number of nitrogens with one attached hydrogen (secondary N) is 2. The van der Waals surface area contributed by atoms with Crippen LogP contribution in [-0.4, -0.2) is 46.2 Å². The number of carbonyl (C=O) groups excluding carboxylic acids is 1. The van der Waals surface area contributed by atoms with E-state index in [1.54, 1.807) is 18.2 Å². The molecule has 0 spiro atoms. The van der Waals surface area contributed by atoms with Crippen LogP contribution in [0, 0.1) is 10.1 Å². The smallest absolute Gasteiger partial charge is 0.331 e. The number of benzene rings is 1. The molecule has 0 saturated carbocycles. The number of hydrogen-bond donors (Lipinski definition) is 3. The topological polar surface area (TPSA) is 131 Å². The zero-order chi connectivity index (χ0) is 22.3. The molecule has 2 rings (SSSR count). The zero-order valence-electron chi connectivity index (χ0n) is 17.5. The summed E-state index contributed by atoms with van der Waals surface area (Å²) in [6.07, 6.45) is 2.73. The lowest BCUT2D eigenvalue weighted by Crippen LogP contribution is -2.58. The molecule has 0 heterocycles. The number of carboxylic acids is 1. The number of rotatable bonds is 10. The lowest BCUT2D eigenvalue weighted by atomic mass is 9.87. The van der Waals surface area contributed by atoms with Crippen molar-refractivity contribution in [2.45, 2.75) is 70.9 Å². The fraction of sp³-hybridized carbons (Fsp3) is 0.524. The molecule has 0 unspecified atom stereocenters. The maximum Gasteiger partial charge on any atom is 0.331 e. The minimum atomic E-state index is -1.02. The van der Waals surface area contributed by atoms with E-state index in [1.165, 1.54) is 19.1 Å². The Labute approximate surface area is 175 Å². The molecule has 30 heavy (non-hydrogen) atoms. The van der Waals surface area contributed by atoms with E-state index >= 15 is 0 Å². The molecule has 0 fully saturated rings. The predicted octanol–water partition coefficient (Wildman–Crippen LogP) is 2.55. The highest BCUT2D eigenvalue weighted by Crippen LogP contribution is 2.25. The third-order valence-electron chi connectivity index (χ3n) is 5.21. The normalized spacial score (nSPS) is 21.2. The van der Waals surface area contributed by atoms with Crippen molar-refractivity contribution in [1.82, 2.24) is 10.6 Å². The second-order valence-corrected chi connectivity index (χ2v) is 7.38. The van der Waals surface area contributed by atoms with Crippen LogP contribution in [0.15, 0.2) is 35.9 Å². The summed E-state index contributed by atoms with van der Waals surface area (Å²) in [5.41, 5.74) is 1.04. The van der Waals surface area contributed by atoms with Crippen LogP contribution in [0.3, 0.4) is 0 Å². The first-order valence-corrected chi connectivity index (χ1v) is 10.1. The van der Waals surface area contributed by atoms with Crippen molar-refractivity contribution in [3.05, 3.63) is 51.6 Å². The number of non-ortho nitro benzene ring substituents is 1. The van der Waals surface area contributed by atoms with Crippen molar-refractivity contribution >= 4 is 17.6 Å². The van der Waals surface area contributed by atoms with Gasteiger partial charge in [0.25, 0.3) is 5.69 Å². The molecule has 9 heteroatoms. The highest BCUT2D eigenvalue weighted by Gasteiger charge is 2.37. The predicted molar refractivity (Wildman–Crippen MR) is 111 cm³/mol. The quantitative estimate of drug-likeness (QED) is 0.392. The molecule has 1 aliphatic rings. The third kappa shape index (κ3) is 6.36. The Morgan fingerprint density at radius 2 is 1.90 bits per heavy atom. The summed E-state index contributed by atoms with van der Waals surface area (Å²) < 4.78 is 6.14. The van der Waals surface area contributed by atoms with E-state index in [-0.39, 0.29) is 35.7 Å². The molecule has 3 N–H and O–H groups in total. The fourth-order valence-corrected chi connectivity index (χ4v) is 3.55. The van der Waals surface area contributed by atoms with Crippen LogP contribution in [-0.2, 0) is 20.9 Å². The van der Waals surface area contributed by atoms with Crippen LogP contribution >= 0.6 is 0 Å². The minimum absolute atomic E-state index is 0.00210. The van der Waals surface area contributed by atoms with Crippen LogP contribution in [0.4, 0.5) is 5.69 Å². The van der Waals surface area contributed by atoms with Gasteiger partial charge in [-0.05, 0) is 30.9 Å². The van der Waals surface area contributed by atoms with E-state index in [1.807, 2.05) is 13.8 Å². The minimum Gasteiger partial charge on any atom is -0.478 e. The Kier molecular flexibility index (Phi) is 8.49. The van der Waals surface area contributed by atoms with Gasteiger partial charge in [-0.25, -0.2) is 4.79 Å². The number of ether oxygens (including phenoxy) is 1. The molecule has 1 amide bonds. The van der Waals surface area contributed by atoms with Crippen molar-refractivity contribution in [3.63, 3.8) is 0 Å². The third-order valence-corrected chi connectivity index (χ3v) is 5.21. The molecule has 0 aliphatic heterocycles. The van der Waals surface area contributed by atoms with E-state index in [0.29, 0.717) is 6.54 Å². The highest BCUT2D eigenvalue weighted by atomic mass is 16.6. The van der Waals surface area contributed by atoms with Gasteiger partial charge in [-0.15, -0.1) is 0 Å². The van der Waals surface area contributed by atoms with Crippen LogP contribution < -0.4 is 10.6 Å². The Hall–Kier alpha value is -2.78.